The van der Waals surface area contributed by atoms with E-state index in [1.165, 1.54) is 0 Å². The maximum atomic E-state index is 14.2. The summed E-state index contributed by atoms with van der Waals surface area (Å²) in [5, 5.41) is 18.6. The number of aliphatic hydroxyl groups excluding tert-OH is 2. The van der Waals surface area contributed by atoms with Crippen LogP contribution in [0, 0.1) is 0 Å². The van der Waals surface area contributed by atoms with Crippen LogP contribution in [0.25, 0.3) is 11.2 Å². The summed E-state index contributed by atoms with van der Waals surface area (Å²) in [6, 6.07) is -1.14. The zero-order chi connectivity index (χ0) is 15.4. The fourth-order valence-electron chi connectivity index (χ4n) is 2.67. The van der Waals surface area contributed by atoms with Crippen LogP contribution in [0.15, 0.2) is 11.1 Å². The number of anilines is 1. The predicted octanol–water partition coefficient (Wildman–Crippen LogP) is -0.954. The van der Waals surface area contributed by atoms with E-state index in [2.05, 4.69) is 15.0 Å². The van der Waals surface area contributed by atoms with Gasteiger partial charge in [-0.1, -0.05) is 0 Å². The van der Waals surface area contributed by atoms with E-state index in [0.717, 1.165) is 10.9 Å². The van der Waals surface area contributed by atoms with Crippen molar-refractivity contribution < 1.29 is 19.0 Å². The molecule has 1 saturated carbocycles. The largest absolute Gasteiger partial charge is 0.393 e. The number of rotatable bonds is 2. The second-order valence-corrected chi connectivity index (χ2v) is 5.13. The number of alkyl halides is 2. The second kappa shape index (κ2) is 4.46. The van der Waals surface area contributed by atoms with E-state index in [1.54, 1.807) is 0 Å². The average molecular weight is 301 g/mol. The van der Waals surface area contributed by atoms with Crippen LogP contribution in [-0.4, -0.2) is 54.3 Å². The number of halogens is 2. The maximum Gasteiger partial charge on any atom is 0.280 e. The lowest BCUT2D eigenvalue weighted by Gasteiger charge is -2.20. The Morgan fingerprint density at radius 1 is 1.62 bits per heavy atom. The van der Waals surface area contributed by atoms with Crippen molar-refractivity contribution in [3.05, 3.63) is 16.7 Å². The standard InChI is InChI=1S/C11H13F2N5O3/c12-5-4(1-11(13,2-19)7(5)20)18-3-15-6-8(18)16-10(14)17-9(6)21/h3-5,7,19-20H,1-2H2,(H3,14,16,17,21)/t4-,5-,7+,11-/m1/s1. The molecule has 1 aliphatic rings. The summed E-state index contributed by atoms with van der Waals surface area (Å²) in [5.74, 6) is -0.183. The van der Waals surface area contributed by atoms with E-state index in [9.17, 15) is 18.7 Å². The molecule has 0 spiro atoms. The Balaban J connectivity index is 2.12. The lowest BCUT2D eigenvalue weighted by Crippen LogP contribution is -2.40. The van der Waals surface area contributed by atoms with Gasteiger partial charge in [0.15, 0.2) is 16.8 Å². The van der Waals surface area contributed by atoms with Crippen LogP contribution in [0.4, 0.5) is 14.7 Å². The molecule has 0 bridgehead atoms. The number of aliphatic hydroxyl groups is 2. The number of nitrogens with two attached hydrogens (primary N) is 1. The zero-order valence-electron chi connectivity index (χ0n) is 10.7. The first-order valence-electron chi connectivity index (χ1n) is 6.21. The van der Waals surface area contributed by atoms with Gasteiger partial charge in [-0.25, -0.2) is 13.8 Å². The van der Waals surface area contributed by atoms with Crippen molar-refractivity contribution in [3.8, 4) is 0 Å². The first-order chi connectivity index (χ1) is 9.87. The summed E-state index contributed by atoms with van der Waals surface area (Å²) in [6.45, 7) is -1.01. The monoisotopic (exact) mass is 301 g/mol. The fraction of sp³-hybridized carbons (Fsp3) is 0.545. The quantitative estimate of drug-likeness (QED) is 0.565. The Morgan fingerprint density at radius 3 is 2.95 bits per heavy atom. The van der Waals surface area contributed by atoms with Gasteiger partial charge in [-0.3, -0.25) is 9.78 Å². The molecule has 2 aromatic heterocycles. The molecular formula is C11H13F2N5O3. The molecule has 1 aliphatic carbocycles. The third-order valence-corrected chi connectivity index (χ3v) is 3.82. The Labute approximate surface area is 116 Å². The van der Waals surface area contributed by atoms with Gasteiger partial charge in [0, 0.05) is 6.42 Å². The predicted molar refractivity (Wildman–Crippen MR) is 68.0 cm³/mol. The summed E-state index contributed by atoms with van der Waals surface area (Å²) in [5.41, 5.74) is 2.31. The number of hydrogen-bond acceptors (Lipinski definition) is 6. The first kappa shape index (κ1) is 13.9. The fourth-order valence-corrected chi connectivity index (χ4v) is 2.67. The summed E-state index contributed by atoms with van der Waals surface area (Å²) in [7, 11) is 0. The van der Waals surface area contributed by atoms with Crippen molar-refractivity contribution in [2.45, 2.75) is 30.4 Å². The molecule has 2 heterocycles. The van der Waals surface area contributed by atoms with Crippen molar-refractivity contribution in [1.29, 1.82) is 0 Å². The van der Waals surface area contributed by atoms with E-state index in [1.807, 2.05) is 0 Å². The first-order valence-corrected chi connectivity index (χ1v) is 6.21. The minimum Gasteiger partial charge on any atom is -0.393 e. The SMILES string of the molecule is Nc1nc2c(ncn2[C@@H]2C[C@@](F)(CO)[C@@H](O)[C@@H]2F)c(=O)[nH]1. The van der Waals surface area contributed by atoms with Gasteiger partial charge in [0.25, 0.3) is 5.56 Å². The number of nitrogen functional groups attached to an aromatic ring is 1. The molecule has 1 fully saturated rings. The molecule has 3 rings (SSSR count). The Morgan fingerprint density at radius 2 is 2.33 bits per heavy atom. The van der Waals surface area contributed by atoms with Gasteiger partial charge in [-0.2, -0.15) is 4.98 Å². The smallest absolute Gasteiger partial charge is 0.280 e. The molecule has 0 amide bonds. The number of imidazole rings is 1. The molecule has 0 radical (unpaired) electrons. The molecule has 0 aromatic carbocycles. The average Bonchev–Trinajstić information content (AvgIpc) is 2.95. The number of nitrogens with zero attached hydrogens (tertiary/aromatic N) is 3. The third-order valence-electron chi connectivity index (χ3n) is 3.82. The van der Waals surface area contributed by atoms with E-state index < -0.39 is 42.6 Å². The Hall–Kier alpha value is -2.07. The van der Waals surface area contributed by atoms with Crippen molar-refractivity contribution >= 4 is 17.1 Å². The van der Waals surface area contributed by atoms with Gasteiger partial charge in [-0.05, 0) is 0 Å². The van der Waals surface area contributed by atoms with Crippen LogP contribution >= 0.6 is 0 Å². The van der Waals surface area contributed by atoms with Crippen molar-refractivity contribution in [3.63, 3.8) is 0 Å². The topological polar surface area (TPSA) is 130 Å². The normalized spacial score (nSPS) is 32.9. The Bertz CT molecular complexity index is 747. The van der Waals surface area contributed by atoms with Crippen LogP contribution in [0.2, 0.25) is 0 Å². The maximum absolute atomic E-state index is 14.2. The van der Waals surface area contributed by atoms with Crippen molar-refractivity contribution in [2.75, 3.05) is 12.3 Å². The summed E-state index contributed by atoms with van der Waals surface area (Å²) < 4.78 is 29.5. The van der Waals surface area contributed by atoms with E-state index in [0.29, 0.717) is 0 Å². The number of aromatic amines is 1. The van der Waals surface area contributed by atoms with Crippen LogP contribution in [0.1, 0.15) is 12.5 Å². The zero-order valence-corrected chi connectivity index (χ0v) is 10.7. The van der Waals surface area contributed by atoms with Crippen LogP contribution in [0.5, 0.6) is 0 Å². The Kier molecular flexibility index (Phi) is 2.95. The highest BCUT2D eigenvalue weighted by Crippen LogP contribution is 2.43. The van der Waals surface area contributed by atoms with Crippen LogP contribution in [-0.2, 0) is 0 Å². The second-order valence-electron chi connectivity index (χ2n) is 5.13. The van der Waals surface area contributed by atoms with Crippen LogP contribution < -0.4 is 11.3 Å². The van der Waals surface area contributed by atoms with E-state index in [4.69, 9.17) is 10.8 Å². The van der Waals surface area contributed by atoms with Crippen molar-refractivity contribution in [2.24, 2.45) is 0 Å². The lowest BCUT2D eigenvalue weighted by atomic mass is 10.0. The van der Waals surface area contributed by atoms with Gasteiger partial charge in [-0.15, -0.1) is 0 Å². The summed E-state index contributed by atoms with van der Waals surface area (Å²) in [4.78, 5) is 21.6. The molecule has 0 unspecified atom stereocenters. The van der Waals surface area contributed by atoms with E-state index in [-0.39, 0.29) is 17.1 Å². The summed E-state index contributed by atoms with van der Waals surface area (Å²) >= 11 is 0. The molecule has 0 aliphatic heterocycles. The molecule has 114 valence electrons. The summed E-state index contributed by atoms with van der Waals surface area (Å²) in [6.07, 6.45) is -3.27. The van der Waals surface area contributed by atoms with E-state index >= 15 is 0 Å². The highest BCUT2D eigenvalue weighted by Gasteiger charge is 2.55. The highest BCUT2D eigenvalue weighted by atomic mass is 19.2. The number of aromatic nitrogens is 4. The third kappa shape index (κ3) is 1.90. The number of hydrogen-bond donors (Lipinski definition) is 4. The number of nitrogens with one attached hydrogen (secondary N) is 1. The van der Waals surface area contributed by atoms with Gasteiger partial charge >= 0.3 is 0 Å². The molecule has 21 heavy (non-hydrogen) atoms. The van der Waals surface area contributed by atoms with Crippen LogP contribution in [0.3, 0.4) is 0 Å². The molecule has 4 atom stereocenters. The van der Waals surface area contributed by atoms with Crippen molar-refractivity contribution in [1.82, 2.24) is 19.5 Å². The van der Waals surface area contributed by atoms with Gasteiger partial charge in [0.2, 0.25) is 5.95 Å². The number of H-pyrrole nitrogens is 1. The molecule has 0 saturated heterocycles. The molecule has 2 aromatic rings. The van der Waals surface area contributed by atoms with Gasteiger partial charge in [0.1, 0.15) is 12.3 Å². The minimum atomic E-state index is -2.45. The van der Waals surface area contributed by atoms with Gasteiger partial charge in [0.05, 0.1) is 19.0 Å². The molecular weight excluding hydrogens is 288 g/mol. The molecule has 8 nitrogen and oxygen atoms in total. The highest BCUT2D eigenvalue weighted by molar-refractivity contribution is 5.70. The minimum absolute atomic E-state index is 0.00158. The van der Waals surface area contributed by atoms with Gasteiger partial charge < -0.3 is 20.5 Å². The number of fused-ring (bicyclic) bond motifs is 1. The lowest BCUT2D eigenvalue weighted by molar-refractivity contribution is -0.0454. The molecule has 5 N–H and O–H groups in total. The molecule has 10 heteroatoms.